The lowest BCUT2D eigenvalue weighted by Gasteiger charge is -2.17. The van der Waals surface area contributed by atoms with Crippen LogP contribution in [0.4, 0.5) is 13.2 Å². The maximum Gasteiger partial charge on any atom is 0.401 e. The molecule has 1 N–H and O–H groups in total. The van der Waals surface area contributed by atoms with Crippen LogP contribution in [-0.4, -0.2) is 25.3 Å². The summed E-state index contributed by atoms with van der Waals surface area (Å²) in [5.74, 6) is -0.708. The van der Waals surface area contributed by atoms with Gasteiger partial charge in [-0.2, -0.15) is 13.2 Å². The number of thiophene rings is 1. The number of halogens is 4. The third kappa shape index (κ3) is 5.12. The van der Waals surface area contributed by atoms with Crippen molar-refractivity contribution >= 4 is 33.2 Å². The molecule has 19 heavy (non-hydrogen) atoms. The Hall–Kier alpha value is -0.600. The van der Waals surface area contributed by atoms with Crippen LogP contribution in [0.3, 0.4) is 0 Å². The molecule has 8 heteroatoms. The average molecular weight is 360 g/mol. The second kappa shape index (κ2) is 6.71. The van der Waals surface area contributed by atoms with Gasteiger partial charge in [-0.3, -0.25) is 5.32 Å². The number of hydrogen-bond donors (Lipinski definition) is 1. The molecular weight excluding hydrogens is 347 g/mol. The van der Waals surface area contributed by atoms with Crippen molar-refractivity contribution < 1.29 is 22.7 Å². The molecule has 0 saturated heterocycles. The van der Waals surface area contributed by atoms with Gasteiger partial charge in [0.05, 0.1) is 13.2 Å². The molecule has 0 aliphatic rings. The quantitative estimate of drug-likeness (QED) is 0.816. The van der Waals surface area contributed by atoms with Crippen LogP contribution in [-0.2, 0) is 9.53 Å². The lowest BCUT2D eigenvalue weighted by Crippen LogP contribution is -2.36. The van der Waals surface area contributed by atoms with E-state index >= 15 is 0 Å². The van der Waals surface area contributed by atoms with Gasteiger partial charge in [0.25, 0.3) is 0 Å². The van der Waals surface area contributed by atoms with E-state index in [0.717, 1.165) is 9.35 Å². The molecule has 0 aliphatic heterocycles. The number of esters is 1. The third-order valence-corrected chi connectivity index (χ3v) is 4.39. The number of alkyl halides is 3. The summed E-state index contributed by atoms with van der Waals surface area (Å²) in [5, 5.41) is 2.19. The van der Waals surface area contributed by atoms with E-state index in [1.165, 1.54) is 11.3 Å². The summed E-state index contributed by atoms with van der Waals surface area (Å²) < 4.78 is 42.3. The molecule has 3 nitrogen and oxygen atoms in total. The first-order chi connectivity index (χ1) is 8.74. The van der Waals surface area contributed by atoms with Crippen molar-refractivity contribution in [2.24, 2.45) is 0 Å². The highest BCUT2D eigenvalue weighted by atomic mass is 79.9. The summed E-state index contributed by atoms with van der Waals surface area (Å²) in [7, 11) is 0. The average Bonchev–Trinajstić information content (AvgIpc) is 2.58. The molecule has 0 amide bonds. The maximum absolute atomic E-state index is 12.2. The smallest absolute Gasteiger partial charge is 0.401 e. The third-order valence-electron chi connectivity index (χ3n) is 2.19. The van der Waals surface area contributed by atoms with Crippen LogP contribution in [0.15, 0.2) is 10.5 Å². The van der Waals surface area contributed by atoms with Crippen LogP contribution in [0.5, 0.6) is 0 Å². The minimum atomic E-state index is -4.38. The summed E-state index contributed by atoms with van der Waals surface area (Å²) in [4.78, 5) is 13.1. The molecule has 0 bridgehead atoms. The van der Waals surface area contributed by atoms with Crippen molar-refractivity contribution in [1.29, 1.82) is 0 Å². The van der Waals surface area contributed by atoms with Gasteiger partial charge < -0.3 is 4.74 Å². The Morgan fingerprint density at radius 2 is 2.21 bits per heavy atom. The monoisotopic (exact) mass is 359 g/mol. The summed E-state index contributed by atoms with van der Waals surface area (Å²) >= 11 is 4.52. The molecule has 1 unspecified atom stereocenters. The molecule has 1 atom stereocenters. The zero-order chi connectivity index (χ0) is 14.6. The fraction of sp³-hybridized carbons (Fsp3) is 0.545. The van der Waals surface area contributed by atoms with Crippen LogP contribution in [0.25, 0.3) is 0 Å². The Bertz CT molecular complexity index is 428. The SMILES string of the molecule is CCOC(=O)C(NCC(F)(F)F)c1cc(Br)c(C)s1. The highest BCUT2D eigenvalue weighted by Gasteiger charge is 2.32. The van der Waals surface area contributed by atoms with Crippen molar-refractivity contribution in [3.05, 3.63) is 20.3 Å². The topological polar surface area (TPSA) is 38.3 Å². The lowest BCUT2D eigenvalue weighted by molar-refractivity contribution is -0.148. The summed E-state index contributed by atoms with van der Waals surface area (Å²) in [5.41, 5.74) is 0. The van der Waals surface area contributed by atoms with Gasteiger partial charge in [-0.05, 0) is 35.8 Å². The molecule has 0 radical (unpaired) electrons. The second-order valence-electron chi connectivity index (χ2n) is 3.73. The number of aryl methyl sites for hydroxylation is 1. The van der Waals surface area contributed by atoms with Gasteiger partial charge in [0.2, 0.25) is 0 Å². The van der Waals surface area contributed by atoms with Crippen molar-refractivity contribution in [3.8, 4) is 0 Å². The fourth-order valence-electron chi connectivity index (χ4n) is 1.37. The van der Waals surface area contributed by atoms with E-state index in [9.17, 15) is 18.0 Å². The molecule has 108 valence electrons. The van der Waals surface area contributed by atoms with Crippen LogP contribution >= 0.6 is 27.3 Å². The maximum atomic E-state index is 12.2. The Morgan fingerprint density at radius 3 is 2.63 bits per heavy atom. The lowest BCUT2D eigenvalue weighted by atomic mass is 10.2. The number of carbonyl (C=O) groups excluding carboxylic acids is 1. The highest BCUT2D eigenvalue weighted by Crippen LogP contribution is 2.31. The van der Waals surface area contributed by atoms with Crippen LogP contribution in [0.2, 0.25) is 0 Å². The van der Waals surface area contributed by atoms with Gasteiger partial charge in [-0.25, -0.2) is 4.79 Å². The van der Waals surface area contributed by atoms with E-state index in [4.69, 9.17) is 4.74 Å². The predicted molar refractivity (Wildman–Crippen MR) is 70.2 cm³/mol. The van der Waals surface area contributed by atoms with Gasteiger partial charge in [-0.1, -0.05) is 0 Å². The first-order valence-corrected chi connectivity index (χ1v) is 7.08. The molecule has 1 aromatic rings. The molecule has 1 rings (SSSR count). The van der Waals surface area contributed by atoms with E-state index in [-0.39, 0.29) is 6.61 Å². The molecule has 0 saturated carbocycles. The summed E-state index contributed by atoms with van der Waals surface area (Å²) in [6, 6.07) is 0.530. The van der Waals surface area contributed by atoms with Gasteiger partial charge in [0.1, 0.15) is 6.04 Å². The van der Waals surface area contributed by atoms with Crippen LogP contribution in [0.1, 0.15) is 22.7 Å². The molecule has 0 aliphatic carbocycles. The molecule has 0 spiro atoms. The van der Waals surface area contributed by atoms with E-state index in [0.29, 0.717) is 4.88 Å². The predicted octanol–water partition coefficient (Wildman–Crippen LogP) is 3.58. The Labute approximate surface area is 121 Å². The minimum absolute atomic E-state index is 0.120. The molecule has 0 fully saturated rings. The Balaban J connectivity index is 2.89. The van der Waals surface area contributed by atoms with E-state index in [1.807, 2.05) is 6.92 Å². The number of carbonyl (C=O) groups is 1. The fourth-order valence-corrected chi connectivity index (χ4v) is 2.99. The molecule has 1 heterocycles. The van der Waals surface area contributed by atoms with Crippen molar-refractivity contribution in [1.82, 2.24) is 5.32 Å². The first-order valence-electron chi connectivity index (χ1n) is 5.47. The molecular formula is C11H13BrF3NO2S. The highest BCUT2D eigenvalue weighted by molar-refractivity contribution is 9.10. The van der Waals surface area contributed by atoms with E-state index in [2.05, 4.69) is 21.2 Å². The summed E-state index contributed by atoms with van der Waals surface area (Å²) in [6.45, 7) is 2.29. The van der Waals surface area contributed by atoms with Crippen molar-refractivity contribution in [2.45, 2.75) is 26.1 Å². The second-order valence-corrected chi connectivity index (χ2v) is 5.88. The van der Waals surface area contributed by atoms with Gasteiger partial charge in [0, 0.05) is 14.2 Å². The van der Waals surface area contributed by atoms with Crippen molar-refractivity contribution in [2.75, 3.05) is 13.2 Å². The van der Waals surface area contributed by atoms with E-state index in [1.54, 1.807) is 13.0 Å². The zero-order valence-corrected chi connectivity index (χ0v) is 12.7. The van der Waals surface area contributed by atoms with Gasteiger partial charge in [-0.15, -0.1) is 11.3 Å². The summed E-state index contributed by atoms with van der Waals surface area (Å²) in [6.07, 6.45) is -4.38. The largest absolute Gasteiger partial charge is 0.465 e. The van der Waals surface area contributed by atoms with Gasteiger partial charge in [0.15, 0.2) is 0 Å². The zero-order valence-electron chi connectivity index (χ0n) is 10.3. The normalized spacial score (nSPS) is 13.4. The molecule has 1 aromatic heterocycles. The Kier molecular flexibility index (Phi) is 5.82. The Morgan fingerprint density at radius 1 is 1.58 bits per heavy atom. The van der Waals surface area contributed by atoms with Crippen molar-refractivity contribution in [3.63, 3.8) is 0 Å². The van der Waals surface area contributed by atoms with Gasteiger partial charge >= 0.3 is 12.1 Å². The van der Waals surface area contributed by atoms with Crippen LogP contribution in [0, 0.1) is 6.92 Å². The number of hydrogen-bond acceptors (Lipinski definition) is 4. The number of nitrogens with one attached hydrogen (secondary N) is 1. The van der Waals surface area contributed by atoms with E-state index < -0.39 is 24.7 Å². The minimum Gasteiger partial charge on any atom is -0.465 e. The standard InChI is InChI=1S/C11H13BrF3NO2S/c1-3-18-10(17)9(16-5-11(13,14)15)8-4-7(12)6(2)19-8/h4,9,16H,3,5H2,1-2H3. The number of ether oxygens (including phenoxy) is 1. The first kappa shape index (κ1) is 16.5. The molecule has 0 aromatic carbocycles. The number of rotatable bonds is 5. The van der Waals surface area contributed by atoms with Crippen LogP contribution < -0.4 is 5.32 Å².